The number of nitrogens with one attached hydrogen (secondary N) is 1. The Morgan fingerprint density at radius 3 is 2.88 bits per heavy atom. The lowest BCUT2D eigenvalue weighted by molar-refractivity contribution is 0.687. The largest absolute Gasteiger partial charge is 0.306 e. The first-order valence-electron chi connectivity index (χ1n) is 5.33. The summed E-state index contributed by atoms with van der Waals surface area (Å²) in [5.41, 5.74) is 1.14. The van der Waals surface area contributed by atoms with Crippen molar-refractivity contribution < 1.29 is 0 Å². The Labute approximate surface area is 104 Å². The smallest absolute Gasteiger partial charge is 0.0926 e. The van der Waals surface area contributed by atoms with E-state index in [4.69, 9.17) is 0 Å². The highest BCUT2D eigenvalue weighted by Gasteiger charge is 2.01. The van der Waals surface area contributed by atoms with Crippen LogP contribution in [0.25, 0.3) is 0 Å². The lowest BCUT2D eigenvalue weighted by atomic mass is 10.4. The minimum absolute atomic E-state index is 0.841. The molecule has 0 aliphatic carbocycles. The summed E-state index contributed by atoms with van der Waals surface area (Å²) in [6.45, 7) is 5.89. The highest BCUT2D eigenvalue weighted by molar-refractivity contribution is 7.11. The molecule has 2 rings (SSSR count). The van der Waals surface area contributed by atoms with Gasteiger partial charge in [0.25, 0.3) is 0 Å². The van der Waals surface area contributed by atoms with Crippen molar-refractivity contribution in [2.24, 2.45) is 0 Å². The zero-order chi connectivity index (χ0) is 11.4. The molecular weight excluding hydrogens is 238 g/mol. The first-order valence-corrected chi connectivity index (χ1v) is 7.03. The molecular formula is C11H15N3S2. The molecule has 0 saturated carbocycles. The number of hydrogen-bond donors (Lipinski definition) is 1. The average molecular weight is 253 g/mol. The number of nitrogens with zero attached hydrogens (tertiary/aromatic N) is 2. The molecule has 2 heterocycles. The van der Waals surface area contributed by atoms with Crippen LogP contribution in [-0.2, 0) is 19.5 Å². The molecule has 0 spiro atoms. The highest BCUT2D eigenvalue weighted by atomic mass is 32.1. The van der Waals surface area contributed by atoms with E-state index in [9.17, 15) is 0 Å². The summed E-state index contributed by atoms with van der Waals surface area (Å²) in [5.74, 6) is 0. The fraction of sp³-hybridized carbons (Fsp3) is 0.455. The van der Waals surface area contributed by atoms with E-state index in [1.54, 1.807) is 22.7 Å². The topological polar surface area (TPSA) is 37.8 Å². The fourth-order valence-corrected chi connectivity index (χ4v) is 2.90. The maximum atomic E-state index is 4.51. The molecule has 0 fully saturated rings. The molecule has 16 heavy (non-hydrogen) atoms. The van der Waals surface area contributed by atoms with Crippen LogP contribution in [0, 0.1) is 6.92 Å². The number of aryl methyl sites for hydroxylation is 2. The fourth-order valence-electron chi connectivity index (χ4n) is 1.39. The predicted molar refractivity (Wildman–Crippen MR) is 68.9 cm³/mol. The van der Waals surface area contributed by atoms with Gasteiger partial charge in [0, 0.05) is 29.5 Å². The van der Waals surface area contributed by atoms with Gasteiger partial charge >= 0.3 is 0 Å². The monoisotopic (exact) mass is 253 g/mol. The van der Waals surface area contributed by atoms with Gasteiger partial charge in [0.1, 0.15) is 0 Å². The quantitative estimate of drug-likeness (QED) is 0.890. The second kappa shape index (κ2) is 5.52. The van der Waals surface area contributed by atoms with Crippen LogP contribution < -0.4 is 5.32 Å². The number of hydrogen-bond acceptors (Lipinski definition) is 5. The first kappa shape index (κ1) is 11.7. The third-order valence-corrected chi connectivity index (χ3v) is 4.13. The third kappa shape index (κ3) is 3.10. The van der Waals surface area contributed by atoms with Gasteiger partial charge in [-0.1, -0.05) is 6.92 Å². The number of thiazole rings is 2. The van der Waals surface area contributed by atoms with Gasteiger partial charge < -0.3 is 5.32 Å². The molecule has 1 N–H and O–H groups in total. The summed E-state index contributed by atoms with van der Waals surface area (Å²) >= 11 is 3.48. The van der Waals surface area contributed by atoms with Crippen molar-refractivity contribution in [2.75, 3.05) is 0 Å². The SMILES string of the molecule is CCc1nc(CNCc2cnc(C)s2)cs1. The molecule has 86 valence electrons. The summed E-state index contributed by atoms with van der Waals surface area (Å²) in [5, 5.41) is 7.85. The Bertz CT molecular complexity index is 448. The molecule has 0 aromatic carbocycles. The van der Waals surface area contributed by atoms with Crippen molar-refractivity contribution >= 4 is 22.7 Å². The van der Waals surface area contributed by atoms with Crippen LogP contribution in [0.15, 0.2) is 11.6 Å². The number of rotatable bonds is 5. The molecule has 2 aromatic heterocycles. The Kier molecular flexibility index (Phi) is 4.04. The lowest BCUT2D eigenvalue weighted by Gasteiger charge is -1.98. The molecule has 0 saturated heterocycles. The molecule has 0 radical (unpaired) electrons. The molecule has 0 aliphatic heterocycles. The van der Waals surface area contributed by atoms with Crippen LogP contribution in [0.3, 0.4) is 0 Å². The van der Waals surface area contributed by atoms with E-state index in [-0.39, 0.29) is 0 Å². The van der Waals surface area contributed by atoms with E-state index in [1.165, 1.54) is 9.88 Å². The molecule has 2 aromatic rings. The van der Waals surface area contributed by atoms with E-state index in [1.807, 2.05) is 13.1 Å². The Balaban J connectivity index is 1.79. The zero-order valence-electron chi connectivity index (χ0n) is 9.49. The molecule has 0 unspecified atom stereocenters. The standard InChI is InChI=1S/C11H15N3S2/c1-3-11-14-9(7-15-11)4-12-5-10-6-13-8(2)16-10/h6-7,12H,3-5H2,1-2H3. The maximum absolute atomic E-state index is 4.51. The van der Waals surface area contributed by atoms with Gasteiger partial charge in [-0.15, -0.1) is 22.7 Å². The predicted octanol–water partition coefficient (Wildman–Crippen LogP) is 2.76. The Morgan fingerprint density at radius 2 is 2.25 bits per heavy atom. The van der Waals surface area contributed by atoms with Crippen molar-refractivity contribution in [3.63, 3.8) is 0 Å². The van der Waals surface area contributed by atoms with Gasteiger partial charge in [0.15, 0.2) is 0 Å². The van der Waals surface area contributed by atoms with E-state index in [0.29, 0.717) is 0 Å². The van der Waals surface area contributed by atoms with Crippen molar-refractivity contribution in [1.29, 1.82) is 0 Å². The highest BCUT2D eigenvalue weighted by Crippen LogP contribution is 2.12. The van der Waals surface area contributed by atoms with E-state index in [2.05, 4.69) is 27.6 Å². The van der Waals surface area contributed by atoms with Crippen LogP contribution in [0.2, 0.25) is 0 Å². The van der Waals surface area contributed by atoms with Gasteiger partial charge in [-0.3, -0.25) is 0 Å². The molecule has 0 bridgehead atoms. The Morgan fingerprint density at radius 1 is 1.38 bits per heavy atom. The zero-order valence-corrected chi connectivity index (χ0v) is 11.1. The van der Waals surface area contributed by atoms with Gasteiger partial charge in [-0.05, 0) is 13.3 Å². The minimum Gasteiger partial charge on any atom is -0.306 e. The summed E-state index contributed by atoms with van der Waals surface area (Å²) in [6, 6.07) is 0. The third-order valence-electron chi connectivity index (χ3n) is 2.18. The molecule has 0 amide bonds. The van der Waals surface area contributed by atoms with Crippen LogP contribution in [-0.4, -0.2) is 9.97 Å². The van der Waals surface area contributed by atoms with Crippen molar-refractivity contribution in [1.82, 2.24) is 15.3 Å². The normalized spacial score (nSPS) is 10.9. The van der Waals surface area contributed by atoms with E-state index in [0.717, 1.165) is 30.2 Å². The van der Waals surface area contributed by atoms with E-state index < -0.39 is 0 Å². The van der Waals surface area contributed by atoms with Crippen molar-refractivity contribution in [3.05, 3.63) is 32.2 Å². The summed E-state index contributed by atoms with van der Waals surface area (Å²) in [7, 11) is 0. The average Bonchev–Trinajstić information content (AvgIpc) is 2.88. The molecule has 5 heteroatoms. The van der Waals surface area contributed by atoms with Crippen LogP contribution in [0.5, 0.6) is 0 Å². The van der Waals surface area contributed by atoms with E-state index >= 15 is 0 Å². The van der Waals surface area contributed by atoms with Crippen LogP contribution in [0.4, 0.5) is 0 Å². The maximum Gasteiger partial charge on any atom is 0.0926 e. The first-order chi connectivity index (χ1) is 7.78. The van der Waals surface area contributed by atoms with Gasteiger partial charge in [0.2, 0.25) is 0 Å². The lowest BCUT2D eigenvalue weighted by Crippen LogP contribution is -2.12. The molecule has 0 atom stereocenters. The van der Waals surface area contributed by atoms with Gasteiger partial charge in [0.05, 0.1) is 15.7 Å². The number of aromatic nitrogens is 2. The Hall–Kier alpha value is -0.780. The second-order valence-electron chi connectivity index (χ2n) is 3.54. The van der Waals surface area contributed by atoms with Crippen molar-refractivity contribution in [3.8, 4) is 0 Å². The van der Waals surface area contributed by atoms with Crippen molar-refractivity contribution in [2.45, 2.75) is 33.4 Å². The molecule has 3 nitrogen and oxygen atoms in total. The van der Waals surface area contributed by atoms with Crippen LogP contribution >= 0.6 is 22.7 Å². The second-order valence-corrected chi connectivity index (χ2v) is 5.80. The summed E-state index contributed by atoms with van der Waals surface area (Å²) in [4.78, 5) is 10.0. The van der Waals surface area contributed by atoms with Gasteiger partial charge in [-0.25, -0.2) is 9.97 Å². The molecule has 0 aliphatic rings. The summed E-state index contributed by atoms with van der Waals surface area (Å²) < 4.78 is 0. The minimum atomic E-state index is 0.841. The van der Waals surface area contributed by atoms with Gasteiger partial charge in [-0.2, -0.15) is 0 Å². The summed E-state index contributed by atoms with van der Waals surface area (Å²) in [6.07, 6.45) is 2.96. The van der Waals surface area contributed by atoms with Crippen LogP contribution in [0.1, 0.15) is 27.5 Å².